The monoisotopic (exact) mass is 646 g/mol. The van der Waals surface area contributed by atoms with Crippen molar-refractivity contribution in [3.63, 3.8) is 0 Å². The maximum absolute atomic E-state index is 14.2. The van der Waals surface area contributed by atoms with Crippen molar-refractivity contribution in [2.75, 3.05) is 21.3 Å². The molecule has 4 amide bonds. The van der Waals surface area contributed by atoms with E-state index < -0.39 is 35.5 Å². The summed E-state index contributed by atoms with van der Waals surface area (Å²) in [4.78, 5) is 55.6. The van der Waals surface area contributed by atoms with E-state index in [0.29, 0.717) is 22.7 Å². The summed E-state index contributed by atoms with van der Waals surface area (Å²) in [5.74, 6) is -4.33. The molecule has 250 valence electrons. The van der Waals surface area contributed by atoms with Crippen LogP contribution in [0.5, 0.6) is 0 Å². The van der Waals surface area contributed by atoms with Crippen LogP contribution in [0.2, 0.25) is 0 Å². The molecular formula is C40H46N4O4. The predicted octanol–water partition coefficient (Wildman–Crippen LogP) is 8.02. The minimum Gasteiger partial charge on any atom is -0.326 e. The highest BCUT2D eigenvalue weighted by Crippen LogP contribution is 2.28. The molecule has 0 aliphatic heterocycles. The van der Waals surface area contributed by atoms with Gasteiger partial charge in [-0.2, -0.15) is 0 Å². The van der Waals surface area contributed by atoms with Crippen molar-refractivity contribution in [1.82, 2.24) is 0 Å². The first-order valence-corrected chi connectivity index (χ1v) is 16.2. The number of benzene rings is 4. The fraction of sp³-hybridized carbons (Fsp3) is 0.300. The molecule has 4 aromatic rings. The molecule has 4 N–H and O–H groups in total. The number of carbonyl (C=O) groups excluding carboxylic acids is 4. The van der Waals surface area contributed by atoms with Crippen molar-refractivity contribution >= 4 is 46.4 Å². The lowest BCUT2D eigenvalue weighted by Gasteiger charge is -2.26. The number of hydrogen-bond donors (Lipinski definition) is 4. The van der Waals surface area contributed by atoms with Gasteiger partial charge in [-0.3, -0.25) is 19.2 Å². The first-order chi connectivity index (χ1) is 22.6. The van der Waals surface area contributed by atoms with Gasteiger partial charge >= 0.3 is 0 Å². The van der Waals surface area contributed by atoms with Crippen molar-refractivity contribution in [2.24, 2.45) is 11.8 Å². The van der Waals surface area contributed by atoms with Gasteiger partial charge in [-0.1, -0.05) is 24.3 Å². The van der Waals surface area contributed by atoms with Crippen LogP contribution in [0.15, 0.2) is 72.8 Å². The highest BCUT2D eigenvalue weighted by atomic mass is 16.2. The Morgan fingerprint density at radius 1 is 0.375 bits per heavy atom. The largest absolute Gasteiger partial charge is 0.326 e. The van der Waals surface area contributed by atoms with Crippen LogP contribution in [-0.2, 0) is 19.2 Å². The summed E-state index contributed by atoms with van der Waals surface area (Å²) in [5, 5.41) is 11.7. The number of rotatable bonds is 11. The normalized spacial score (nSPS) is 12.1. The molecule has 0 aliphatic carbocycles. The van der Waals surface area contributed by atoms with E-state index in [9.17, 15) is 19.2 Å². The minimum atomic E-state index is -1.19. The molecule has 0 aromatic heterocycles. The number of carbonyl (C=O) groups is 4. The second-order valence-electron chi connectivity index (χ2n) is 13.2. The molecule has 8 nitrogen and oxygen atoms in total. The SMILES string of the molecule is Cc1cc(C)cc(NC(=O)CC(C(=O)Nc2cc(C)cc(C)c2)C(CC(=O)Nc2cc(C)cc(C)c2)C(=O)Nc2cc(C)cc(C)c2)c1. The van der Waals surface area contributed by atoms with Crippen molar-refractivity contribution < 1.29 is 19.2 Å². The lowest BCUT2D eigenvalue weighted by molar-refractivity contribution is -0.134. The molecule has 0 saturated heterocycles. The van der Waals surface area contributed by atoms with E-state index in [-0.39, 0.29) is 12.8 Å². The molecule has 0 aliphatic rings. The highest BCUT2D eigenvalue weighted by Gasteiger charge is 2.37. The molecule has 0 fully saturated rings. The molecule has 2 atom stereocenters. The molecular weight excluding hydrogens is 600 g/mol. The Morgan fingerprint density at radius 3 is 0.812 bits per heavy atom. The molecule has 4 rings (SSSR count). The Morgan fingerprint density at radius 2 is 0.583 bits per heavy atom. The van der Waals surface area contributed by atoms with Gasteiger partial charge in [-0.05, 0) is 148 Å². The van der Waals surface area contributed by atoms with E-state index in [4.69, 9.17) is 0 Å². The van der Waals surface area contributed by atoms with E-state index >= 15 is 0 Å². The molecule has 0 saturated carbocycles. The van der Waals surface area contributed by atoms with Gasteiger partial charge in [0.2, 0.25) is 23.6 Å². The molecule has 0 heterocycles. The molecule has 8 heteroatoms. The summed E-state index contributed by atoms with van der Waals surface area (Å²) >= 11 is 0. The Kier molecular flexibility index (Phi) is 11.5. The number of aryl methyl sites for hydroxylation is 8. The smallest absolute Gasteiger partial charge is 0.228 e. The minimum absolute atomic E-state index is 0.328. The average Bonchev–Trinajstić information content (AvgIpc) is 2.92. The third-order valence-corrected chi connectivity index (χ3v) is 7.96. The molecule has 0 bridgehead atoms. The summed E-state index contributed by atoms with van der Waals surface area (Å²) in [5.41, 5.74) is 9.98. The van der Waals surface area contributed by atoms with Gasteiger partial charge in [0.05, 0.1) is 11.8 Å². The van der Waals surface area contributed by atoms with Gasteiger partial charge in [0, 0.05) is 35.6 Å². The zero-order chi connectivity index (χ0) is 35.1. The number of nitrogens with one attached hydrogen (secondary N) is 4. The second-order valence-corrected chi connectivity index (χ2v) is 13.2. The van der Waals surface area contributed by atoms with Crippen LogP contribution in [0.4, 0.5) is 22.7 Å². The Balaban J connectivity index is 1.72. The lowest BCUT2D eigenvalue weighted by atomic mass is 9.84. The van der Waals surface area contributed by atoms with Crippen LogP contribution in [0.25, 0.3) is 0 Å². The second kappa shape index (κ2) is 15.6. The van der Waals surface area contributed by atoms with Gasteiger partial charge in [0.25, 0.3) is 0 Å². The summed E-state index contributed by atoms with van der Waals surface area (Å²) in [6, 6.07) is 22.7. The summed E-state index contributed by atoms with van der Waals surface area (Å²) < 4.78 is 0. The van der Waals surface area contributed by atoms with Gasteiger partial charge in [-0.25, -0.2) is 0 Å². The van der Waals surface area contributed by atoms with Crippen LogP contribution in [0, 0.1) is 67.2 Å². The van der Waals surface area contributed by atoms with E-state index in [0.717, 1.165) is 44.5 Å². The molecule has 48 heavy (non-hydrogen) atoms. The van der Waals surface area contributed by atoms with Crippen molar-refractivity contribution in [2.45, 2.75) is 68.2 Å². The summed E-state index contributed by atoms with van der Waals surface area (Å²) in [7, 11) is 0. The summed E-state index contributed by atoms with van der Waals surface area (Å²) in [6.45, 7) is 15.4. The third-order valence-electron chi connectivity index (χ3n) is 7.96. The fourth-order valence-electron chi connectivity index (χ4n) is 6.32. The standard InChI is InChI=1S/C40H46N4O4/c1-23-9-24(2)14-31(13-23)41-37(45)21-35(39(47)43-33-17-27(5)11-28(6)18-33)36(40(48)44-34-19-29(7)12-30(8)20-34)22-38(46)42-32-15-25(3)10-26(4)16-32/h9-20,35-36H,21-22H2,1-8H3,(H,41,45)(H,42,46)(H,43,47)(H,44,48). The maximum atomic E-state index is 14.2. The third kappa shape index (κ3) is 10.4. The van der Waals surface area contributed by atoms with Gasteiger partial charge in [-0.15, -0.1) is 0 Å². The Bertz CT molecular complexity index is 1650. The van der Waals surface area contributed by atoms with E-state index in [2.05, 4.69) is 21.3 Å². The maximum Gasteiger partial charge on any atom is 0.228 e. The fourth-order valence-corrected chi connectivity index (χ4v) is 6.32. The van der Waals surface area contributed by atoms with Crippen LogP contribution in [-0.4, -0.2) is 23.6 Å². The summed E-state index contributed by atoms with van der Waals surface area (Å²) in [6.07, 6.45) is -0.656. The van der Waals surface area contributed by atoms with Crippen LogP contribution < -0.4 is 21.3 Å². The first kappa shape index (κ1) is 35.6. The molecule has 0 radical (unpaired) electrons. The number of amides is 4. The van der Waals surface area contributed by atoms with Crippen LogP contribution in [0.3, 0.4) is 0 Å². The highest BCUT2D eigenvalue weighted by molar-refractivity contribution is 6.05. The number of hydrogen-bond acceptors (Lipinski definition) is 4. The predicted molar refractivity (Wildman–Crippen MR) is 194 cm³/mol. The zero-order valence-corrected chi connectivity index (χ0v) is 29.1. The van der Waals surface area contributed by atoms with E-state index in [1.165, 1.54) is 0 Å². The Hall–Kier alpha value is -5.24. The molecule has 2 unspecified atom stereocenters. The lowest BCUT2D eigenvalue weighted by Crippen LogP contribution is -2.40. The van der Waals surface area contributed by atoms with Gasteiger partial charge in [0.15, 0.2) is 0 Å². The quantitative estimate of drug-likeness (QED) is 0.132. The molecule has 0 spiro atoms. The van der Waals surface area contributed by atoms with Crippen molar-refractivity contribution in [3.05, 3.63) is 117 Å². The zero-order valence-electron chi connectivity index (χ0n) is 29.1. The average molecular weight is 647 g/mol. The van der Waals surface area contributed by atoms with Gasteiger partial charge in [0.1, 0.15) is 0 Å². The van der Waals surface area contributed by atoms with E-state index in [1.54, 1.807) is 0 Å². The Labute approximate surface area is 283 Å². The van der Waals surface area contributed by atoms with Crippen molar-refractivity contribution in [3.8, 4) is 0 Å². The topological polar surface area (TPSA) is 116 Å². The van der Waals surface area contributed by atoms with Crippen molar-refractivity contribution in [1.29, 1.82) is 0 Å². The number of anilines is 4. The van der Waals surface area contributed by atoms with E-state index in [1.807, 2.05) is 128 Å². The first-order valence-electron chi connectivity index (χ1n) is 16.2. The molecule has 4 aromatic carbocycles. The van der Waals surface area contributed by atoms with Gasteiger partial charge < -0.3 is 21.3 Å². The van der Waals surface area contributed by atoms with Crippen LogP contribution in [0.1, 0.15) is 57.3 Å². The van der Waals surface area contributed by atoms with Crippen LogP contribution >= 0.6 is 0 Å².